The number of carbonyl (C=O) groups is 1. The number of para-hydroxylation sites is 1. The fraction of sp³-hybridized carbons (Fsp3) is 0.364. The maximum Gasteiger partial charge on any atom is 0.407 e. The molecule has 0 spiro atoms. The number of hydrogen-bond donors (Lipinski definition) is 1. The van der Waals surface area contributed by atoms with Gasteiger partial charge in [-0.25, -0.2) is 13.2 Å². The van der Waals surface area contributed by atoms with E-state index >= 15 is 0 Å². The Hall–Kier alpha value is -2.20. The van der Waals surface area contributed by atoms with Crippen LogP contribution < -0.4 is 0 Å². The van der Waals surface area contributed by atoms with E-state index in [0.29, 0.717) is 0 Å². The van der Waals surface area contributed by atoms with Gasteiger partial charge in [-0.1, -0.05) is 12.1 Å². The molecule has 0 saturated carbocycles. The van der Waals surface area contributed by atoms with Gasteiger partial charge in [0.15, 0.2) is 4.90 Å². The van der Waals surface area contributed by atoms with Crippen molar-refractivity contribution in [2.24, 2.45) is 0 Å². The monoisotopic (exact) mass is 315 g/mol. The van der Waals surface area contributed by atoms with Crippen molar-refractivity contribution in [2.75, 3.05) is 26.2 Å². The zero-order valence-corrected chi connectivity index (χ0v) is 11.7. The molecule has 1 fully saturated rings. The summed E-state index contributed by atoms with van der Waals surface area (Å²) in [5.41, 5.74) is -0.488. The fourth-order valence-electron chi connectivity index (χ4n) is 2.08. The summed E-state index contributed by atoms with van der Waals surface area (Å²) in [7, 11) is -4.01. The molecule has 0 radical (unpaired) electrons. The molecule has 0 bridgehead atoms. The summed E-state index contributed by atoms with van der Waals surface area (Å²) in [6.45, 7) is 0.0196. The maximum atomic E-state index is 12.4. The van der Waals surface area contributed by atoms with Crippen molar-refractivity contribution in [3.05, 3.63) is 34.4 Å². The molecule has 0 aliphatic carbocycles. The summed E-state index contributed by atoms with van der Waals surface area (Å²) in [5, 5.41) is 19.8. The van der Waals surface area contributed by atoms with E-state index in [1.165, 1.54) is 18.2 Å². The van der Waals surface area contributed by atoms with E-state index < -0.39 is 26.7 Å². The second kappa shape index (κ2) is 5.66. The molecule has 1 aromatic carbocycles. The lowest BCUT2D eigenvalue weighted by Crippen LogP contribution is -2.50. The number of benzene rings is 1. The lowest BCUT2D eigenvalue weighted by molar-refractivity contribution is -0.387. The molecule has 1 saturated heterocycles. The molecule has 1 N–H and O–H groups in total. The van der Waals surface area contributed by atoms with Gasteiger partial charge in [0.05, 0.1) is 4.92 Å². The van der Waals surface area contributed by atoms with Crippen molar-refractivity contribution < 1.29 is 23.2 Å². The Labute approximate surface area is 120 Å². The largest absolute Gasteiger partial charge is 0.465 e. The molecule has 0 aromatic heterocycles. The van der Waals surface area contributed by atoms with E-state index in [1.807, 2.05) is 0 Å². The summed E-state index contributed by atoms with van der Waals surface area (Å²) in [6, 6.07) is 5.10. The molecule has 1 aliphatic heterocycles. The van der Waals surface area contributed by atoms with Gasteiger partial charge >= 0.3 is 6.09 Å². The number of piperazine rings is 1. The van der Waals surface area contributed by atoms with Crippen LogP contribution >= 0.6 is 0 Å². The van der Waals surface area contributed by atoms with Crippen molar-refractivity contribution in [1.29, 1.82) is 0 Å². The molecule has 1 heterocycles. The van der Waals surface area contributed by atoms with Crippen LogP contribution in [0, 0.1) is 10.1 Å². The normalized spacial score (nSPS) is 16.7. The van der Waals surface area contributed by atoms with E-state index in [9.17, 15) is 23.3 Å². The minimum atomic E-state index is -4.01. The molecule has 9 nitrogen and oxygen atoms in total. The molecule has 10 heteroatoms. The lowest BCUT2D eigenvalue weighted by atomic mass is 10.3. The number of amides is 1. The highest BCUT2D eigenvalue weighted by atomic mass is 32.2. The third-order valence-corrected chi connectivity index (χ3v) is 5.13. The van der Waals surface area contributed by atoms with Gasteiger partial charge in [0.25, 0.3) is 5.69 Å². The van der Waals surface area contributed by atoms with Gasteiger partial charge in [-0.2, -0.15) is 4.31 Å². The van der Waals surface area contributed by atoms with Crippen LogP contribution in [0.1, 0.15) is 0 Å². The SMILES string of the molecule is O=C(O)N1CCN(S(=O)(=O)c2ccccc2[N+](=O)[O-])CC1. The number of hydrogen-bond acceptors (Lipinski definition) is 5. The predicted octanol–water partition coefficient (Wildman–Crippen LogP) is 0.579. The Morgan fingerprint density at radius 3 is 2.29 bits per heavy atom. The number of nitro benzene ring substituents is 1. The standard InChI is InChI=1S/C11H13N3O6S/c15-11(16)12-5-7-13(8-6-12)21(19,20)10-4-2-1-3-9(10)14(17)18/h1-4H,5-8H2,(H,15,16). The van der Waals surface area contributed by atoms with Gasteiger partial charge < -0.3 is 10.0 Å². The van der Waals surface area contributed by atoms with Crippen LogP contribution in [-0.4, -0.2) is 59.9 Å². The summed E-state index contributed by atoms with van der Waals surface area (Å²) in [4.78, 5) is 21.7. The van der Waals surface area contributed by atoms with E-state index in [-0.39, 0.29) is 31.1 Å². The minimum Gasteiger partial charge on any atom is -0.465 e. The average Bonchev–Trinajstić information content (AvgIpc) is 2.47. The first-order valence-corrected chi connectivity index (χ1v) is 7.49. The van der Waals surface area contributed by atoms with Crippen molar-refractivity contribution in [3.63, 3.8) is 0 Å². The van der Waals surface area contributed by atoms with E-state index in [2.05, 4.69) is 0 Å². The first-order chi connectivity index (χ1) is 9.84. The average molecular weight is 315 g/mol. The molecule has 0 atom stereocenters. The first-order valence-electron chi connectivity index (χ1n) is 6.05. The second-order valence-electron chi connectivity index (χ2n) is 4.40. The number of carboxylic acid groups (broad SMARTS) is 1. The van der Waals surface area contributed by atoms with E-state index in [0.717, 1.165) is 15.3 Å². The van der Waals surface area contributed by atoms with E-state index in [4.69, 9.17) is 5.11 Å². The van der Waals surface area contributed by atoms with Crippen molar-refractivity contribution in [2.45, 2.75) is 4.90 Å². The molecule has 1 aromatic rings. The zero-order chi connectivity index (χ0) is 15.6. The number of nitrogens with zero attached hydrogens (tertiary/aromatic N) is 3. The molecule has 0 unspecified atom stereocenters. The quantitative estimate of drug-likeness (QED) is 0.643. The van der Waals surface area contributed by atoms with Crippen LogP contribution in [-0.2, 0) is 10.0 Å². The Kier molecular flexibility index (Phi) is 4.09. The molecule has 114 valence electrons. The highest BCUT2D eigenvalue weighted by Crippen LogP contribution is 2.26. The summed E-state index contributed by atoms with van der Waals surface area (Å²) in [5.74, 6) is 0. The summed E-state index contributed by atoms with van der Waals surface area (Å²) < 4.78 is 26.0. The van der Waals surface area contributed by atoms with E-state index in [1.54, 1.807) is 0 Å². The maximum absolute atomic E-state index is 12.4. The van der Waals surface area contributed by atoms with Crippen molar-refractivity contribution >= 4 is 21.8 Å². The number of sulfonamides is 1. The Balaban J connectivity index is 2.28. The molecular formula is C11H13N3O6S. The zero-order valence-electron chi connectivity index (χ0n) is 10.9. The Morgan fingerprint density at radius 2 is 1.76 bits per heavy atom. The van der Waals surface area contributed by atoms with Crippen LogP contribution in [0.15, 0.2) is 29.2 Å². The topological polar surface area (TPSA) is 121 Å². The second-order valence-corrected chi connectivity index (χ2v) is 6.30. The molecule has 1 aliphatic rings. The van der Waals surface area contributed by atoms with Crippen LogP contribution in [0.25, 0.3) is 0 Å². The fourth-order valence-corrected chi connectivity index (χ4v) is 3.66. The first kappa shape index (κ1) is 15.2. The third-order valence-electron chi connectivity index (χ3n) is 3.19. The van der Waals surface area contributed by atoms with Gasteiger partial charge in [0.2, 0.25) is 10.0 Å². The van der Waals surface area contributed by atoms with Gasteiger partial charge in [0.1, 0.15) is 0 Å². The minimum absolute atomic E-state index is 0.0271. The van der Waals surface area contributed by atoms with Gasteiger partial charge in [0, 0.05) is 32.2 Å². The third kappa shape index (κ3) is 2.95. The molecular weight excluding hydrogens is 302 g/mol. The Bertz CT molecular complexity index is 666. The number of rotatable bonds is 3. The van der Waals surface area contributed by atoms with Crippen LogP contribution in [0.5, 0.6) is 0 Å². The van der Waals surface area contributed by atoms with Crippen molar-refractivity contribution in [3.8, 4) is 0 Å². The molecule has 21 heavy (non-hydrogen) atoms. The van der Waals surface area contributed by atoms with Crippen molar-refractivity contribution in [1.82, 2.24) is 9.21 Å². The summed E-state index contributed by atoms with van der Waals surface area (Å²) in [6.07, 6.45) is -1.11. The Morgan fingerprint density at radius 1 is 1.19 bits per heavy atom. The molecule has 1 amide bonds. The van der Waals surface area contributed by atoms with Gasteiger partial charge in [-0.05, 0) is 6.07 Å². The van der Waals surface area contributed by atoms with Crippen LogP contribution in [0.2, 0.25) is 0 Å². The number of nitro groups is 1. The highest BCUT2D eigenvalue weighted by molar-refractivity contribution is 7.89. The lowest BCUT2D eigenvalue weighted by Gasteiger charge is -2.32. The van der Waals surface area contributed by atoms with Crippen LogP contribution in [0.4, 0.5) is 10.5 Å². The predicted molar refractivity (Wildman–Crippen MR) is 71.5 cm³/mol. The van der Waals surface area contributed by atoms with Gasteiger partial charge in [-0.3, -0.25) is 10.1 Å². The smallest absolute Gasteiger partial charge is 0.407 e. The molecule has 2 rings (SSSR count). The highest BCUT2D eigenvalue weighted by Gasteiger charge is 2.34. The van der Waals surface area contributed by atoms with Gasteiger partial charge in [-0.15, -0.1) is 0 Å². The summed E-state index contributed by atoms with van der Waals surface area (Å²) >= 11 is 0. The van der Waals surface area contributed by atoms with Crippen LogP contribution in [0.3, 0.4) is 0 Å².